The second-order valence-electron chi connectivity index (χ2n) is 4.99. The largest absolute Gasteiger partial charge is 0.491 e. The third-order valence-electron chi connectivity index (χ3n) is 3.18. The molecule has 4 nitrogen and oxygen atoms in total. The molecule has 0 amide bonds. The minimum atomic E-state index is -0.719. The van der Waals surface area contributed by atoms with Gasteiger partial charge in [-0.3, -0.25) is 4.79 Å². The molecule has 1 N–H and O–H groups in total. The summed E-state index contributed by atoms with van der Waals surface area (Å²) in [6.45, 7) is 4.29. The van der Waals surface area contributed by atoms with Crippen LogP contribution in [-0.4, -0.2) is 36.1 Å². The maximum Gasteiger partial charge on any atom is 0.193 e. The van der Waals surface area contributed by atoms with Crippen LogP contribution in [0.5, 0.6) is 11.5 Å². The molecule has 0 aliphatic rings. The number of ketones is 1. The first-order valence-corrected chi connectivity index (χ1v) is 8.85. The van der Waals surface area contributed by atoms with Gasteiger partial charge in [-0.2, -0.15) is 0 Å². The molecule has 5 heteroatoms. The summed E-state index contributed by atoms with van der Waals surface area (Å²) < 4.78 is 10.6. The van der Waals surface area contributed by atoms with Crippen LogP contribution in [0.2, 0.25) is 0 Å². The summed E-state index contributed by atoms with van der Waals surface area (Å²) >= 11 is 5.50. The monoisotopic (exact) mass is 374 g/mol. The number of carbonyl (C=O) groups excluding carboxylic acids is 1. The zero-order valence-electron chi connectivity index (χ0n) is 14.9. The summed E-state index contributed by atoms with van der Waals surface area (Å²) in [7, 11) is 0. The van der Waals surface area contributed by atoms with Crippen LogP contribution in [0.1, 0.15) is 29.8 Å². The minimum Gasteiger partial charge on any atom is -0.491 e. The number of carbonyl (C=O) groups is 1. The lowest BCUT2D eigenvalue weighted by molar-refractivity contribution is 0.103. The molecule has 0 radical (unpaired) electrons. The van der Waals surface area contributed by atoms with Crippen LogP contribution in [0.3, 0.4) is 0 Å². The van der Waals surface area contributed by atoms with Gasteiger partial charge in [0.25, 0.3) is 0 Å². The molecular formula is C21H23ClO4. The lowest BCUT2D eigenvalue weighted by Gasteiger charge is -2.10. The Bertz CT molecular complexity index is 702. The standard InChI is InChI=1S/C19H17ClO4.C2H6/c1-2-11-23-17-7-3-14(4-8-17)19(22)15-5-9-18(10-6-15)24-13-16(21)12-20;1-2/h1,3-10,16,21H,11-13H2;1-2H3. The lowest BCUT2D eigenvalue weighted by atomic mass is 10.0. The minimum absolute atomic E-state index is 0.106. The van der Waals surface area contributed by atoms with Gasteiger partial charge in [0.1, 0.15) is 30.8 Å². The van der Waals surface area contributed by atoms with Crippen molar-refractivity contribution in [3.05, 3.63) is 59.7 Å². The summed E-state index contributed by atoms with van der Waals surface area (Å²) in [5.74, 6) is 3.57. The third kappa shape index (κ3) is 6.79. The highest BCUT2D eigenvalue weighted by molar-refractivity contribution is 6.18. The molecule has 0 heterocycles. The number of benzene rings is 2. The van der Waals surface area contributed by atoms with Crippen molar-refractivity contribution in [2.45, 2.75) is 20.0 Å². The molecule has 0 aromatic heterocycles. The van der Waals surface area contributed by atoms with Crippen molar-refractivity contribution in [3.63, 3.8) is 0 Å². The van der Waals surface area contributed by atoms with E-state index in [1.165, 1.54) is 0 Å². The molecule has 2 rings (SSSR count). The Morgan fingerprint density at radius 3 is 1.92 bits per heavy atom. The van der Waals surface area contributed by atoms with E-state index in [-0.39, 0.29) is 24.9 Å². The fourth-order valence-corrected chi connectivity index (χ4v) is 2.02. The van der Waals surface area contributed by atoms with Gasteiger partial charge in [0.15, 0.2) is 5.78 Å². The average Bonchev–Trinajstić information content (AvgIpc) is 2.72. The number of ether oxygens (including phenoxy) is 2. The van der Waals surface area contributed by atoms with Gasteiger partial charge in [0, 0.05) is 11.1 Å². The number of hydrogen-bond acceptors (Lipinski definition) is 4. The summed E-state index contributed by atoms with van der Waals surface area (Å²) in [6, 6.07) is 13.5. The van der Waals surface area contributed by atoms with Crippen molar-refractivity contribution in [1.82, 2.24) is 0 Å². The van der Waals surface area contributed by atoms with Crippen molar-refractivity contribution in [2.24, 2.45) is 0 Å². The quantitative estimate of drug-likeness (QED) is 0.432. The first kappa shape index (κ1) is 21.6. The molecule has 26 heavy (non-hydrogen) atoms. The first-order valence-electron chi connectivity index (χ1n) is 8.32. The van der Waals surface area contributed by atoms with Crippen molar-refractivity contribution in [3.8, 4) is 23.8 Å². The van der Waals surface area contributed by atoms with Gasteiger partial charge in [-0.15, -0.1) is 18.0 Å². The van der Waals surface area contributed by atoms with Gasteiger partial charge in [-0.05, 0) is 48.5 Å². The molecule has 0 fully saturated rings. The summed E-state index contributed by atoms with van der Waals surface area (Å²) in [6.07, 6.45) is 4.41. The van der Waals surface area contributed by atoms with Crippen LogP contribution in [0.4, 0.5) is 0 Å². The van der Waals surface area contributed by atoms with Gasteiger partial charge in [0.05, 0.1) is 5.88 Å². The number of hydrogen-bond donors (Lipinski definition) is 1. The Morgan fingerprint density at radius 2 is 1.50 bits per heavy atom. The Morgan fingerprint density at radius 1 is 1.04 bits per heavy atom. The van der Waals surface area contributed by atoms with Crippen LogP contribution < -0.4 is 9.47 Å². The van der Waals surface area contributed by atoms with Crippen LogP contribution in [0, 0.1) is 12.3 Å². The van der Waals surface area contributed by atoms with Crippen molar-refractivity contribution in [1.29, 1.82) is 0 Å². The molecule has 0 saturated carbocycles. The number of aliphatic hydroxyl groups excluding tert-OH is 1. The van der Waals surface area contributed by atoms with E-state index in [2.05, 4.69) is 5.92 Å². The van der Waals surface area contributed by atoms with Crippen molar-refractivity contribution in [2.75, 3.05) is 19.1 Å². The van der Waals surface area contributed by atoms with Gasteiger partial charge < -0.3 is 14.6 Å². The fraction of sp³-hybridized carbons (Fsp3) is 0.286. The Hall–Kier alpha value is -2.48. The zero-order chi connectivity index (χ0) is 19.4. The molecule has 0 aliphatic heterocycles. The Balaban J connectivity index is 0.00000163. The number of terminal acetylenes is 1. The maximum atomic E-state index is 12.4. The smallest absolute Gasteiger partial charge is 0.193 e. The van der Waals surface area contributed by atoms with E-state index in [1.807, 2.05) is 13.8 Å². The van der Waals surface area contributed by atoms with Crippen LogP contribution in [0.15, 0.2) is 48.5 Å². The fourth-order valence-electron chi connectivity index (χ4n) is 1.93. The normalized spacial score (nSPS) is 10.7. The summed E-state index contributed by atoms with van der Waals surface area (Å²) in [5, 5.41) is 9.35. The average molecular weight is 375 g/mol. The van der Waals surface area contributed by atoms with Gasteiger partial charge in [-0.1, -0.05) is 19.8 Å². The number of aliphatic hydroxyl groups is 1. The molecule has 2 aromatic carbocycles. The first-order chi connectivity index (χ1) is 12.6. The number of rotatable bonds is 8. The van der Waals surface area contributed by atoms with Crippen LogP contribution in [0.25, 0.3) is 0 Å². The van der Waals surface area contributed by atoms with E-state index in [9.17, 15) is 9.90 Å². The van der Waals surface area contributed by atoms with E-state index in [1.54, 1.807) is 48.5 Å². The van der Waals surface area contributed by atoms with Gasteiger partial charge in [-0.25, -0.2) is 0 Å². The molecule has 1 atom stereocenters. The van der Waals surface area contributed by atoms with Crippen molar-refractivity contribution >= 4 is 17.4 Å². The molecule has 2 aromatic rings. The van der Waals surface area contributed by atoms with E-state index >= 15 is 0 Å². The second kappa shape index (κ2) is 12.0. The van der Waals surface area contributed by atoms with Crippen molar-refractivity contribution < 1.29 is 19.4 Å². The topological polar surface area (TPSA) is 55.8 Å². The number of alkyl halides is 1. The summed E-state index contributed by atoms with van der Waals surface area (Å²) in [5.41, 5.74) is 1.09. The Kier molecular flexibility index (Phi) is 9.93. The van der Waals surface area contributed by atoms with E-state index in [4.69, 9.17) is 27.5 Å². The third-order valence-corrected chi connectivity index (χ3v) is 3.53. The van der Waals surface area contributed by atoms with E-state index in [0.29, 0.717) is 22.6 Å². The van der Waals surface area contributed by atoms with Crippen LogP contribution >= 0.6 is 11.6 Å². The van der Waals surface area contributed by atoms with Crippen LogP contribution in [-0.2, 0) is 0 Å². The second-order valence-corrected chi connectivity index (χ2v) is 5.30. The molecule has 1 unspecified atom stereocenters. The SMILES string of the molecule is C#CCOc1ccc(C(=O)c2ccc(OCC(O)CCl)cc2)cc1.CC. The van der Waals surface area contributed by atoms with E-state index in [0.717, 1.165) is 0 Å². The highest BCUT2D eigenvalue weighted by atomic mass is 35.5. The predicted molar refractivity (Wildman–Crippen MR) is 104 cm³/mol. The zero-order valence-corrected chi connectivity index (χ0v) is 15.7. The lowest BCUT2D eigenvalue weighted by Crippen LogP contribution is -2.18. The molecule has 0 saturated heterocycles. The van der Waals surface area contributed by atoms with E-state index < -0.39 is 6.10 Å². The molecule has 0 spiro atoms. The number of halogens is 1. The van der Waals surface area contributed by atoms with Gasteiger partial charge >= 0.3 is 0 Å². The molecule has 0 aliphatic carbocycles. The molecule has 138 valence electrons. The predicted octanol–water partition coefficient (Wildman–Crippen LogP) is 3.93. The maximum absolute atomic E-state index is 12.4. The molecular weight excluding hydrogens is 352 g/mol. The Labute approximate surface area is 159 Å². The highest BCUT2D eigenvalue weighted by Gasteiger charge is 2.10. The summed E-state index contributed by atoms with van der Waals surface area (Å²) in [4.78, 5) is 12.4. The van der Waals surface area contributed by atoms with Gasteiger partial charge in [0.2, 0.25) is 0 Å². The molecule has 0 bridgehead atoms. The highest BCUT2D eigenvalue weighted by Crippen LogP contribution is 2.18.